The highest BCUT2D eigenvalue weighted by molar-refractivity contribution is 5.88. The van der Waals surface area contributed by atoms with E-state index in [1.54, 1.807) is 0 Å². The molecule has 1 aliphatic rings. The molecule has 0 spiro atoms. The van der Waals surface area contributed by atoms with Gasteiger partial charge in [-0.3, -0.25) is 0 Å². The fraction of sp³-hybridized carbons (Fsp3) is 0.250. The number of para-hydroxylation sites is 2. The lowest BCUT2D eigenvalue weighted by Gasteiger charge is -2.21. The number of rotatable bonds is 1. The van der Waals surface area contributed by atoms with E-state index in [2.05, 4.69) is 15.1 Å². The summed E-state index contributed by atoms with van der Waals surface area (Å²) < 4.78 is 32.7. The first-order valence-electron chi connectivity index (χ1n) is 6.25. The molecule has 0 saturated heterocycles. The molecular weight excluding hydrogens is 330 g/mol. The van der Waals surface area contributed by atoms with E-state index in [1.807, 2.05) is 48.2 Å². The van der Waals surface area contributed by atoms with Gasteiger partial charge in [0.15, 0.2) is 11.6 Å². The van der Waals surface area contributed by atoms with Gasteiger partial charge >= 0.3 is 0 Å². The minimum Gasteiger partial charge on any atom is -0.411 e. The number of nitrogens with zero attached hydrogens (tertiary/aromatic N) is 5. The molecule has 1 aromatic heterocycles. The van der Waals surface area contributed by atoms with E-state index in [-0.39, 0.29) is 6.17 Å². The summed E-state index contributed by atoms with van der Waals surface area (Å²) in [6.45, 7) is 0. The zero-order chi connectivity index (χ0) is 17.2. The lowest BCUT2D eigenvalue weighted by atomic mass is 10.3. The number of benzene rings is 1. The van der Waals surface area contributed by atoms with E-state index < -0.39 is 10.2 Å². The van der Waals surface area contributed by atoms with Gasteiger partial charge in [-0.15, -0.1) is 0 Å². The molecule has 0 saturated carbocycles. The second-order valence-electron chi connectivity index (χ2n) is 4.66. The number of hydrogen-bond acceptors (Lipinski definition) is 10. The third kappa shape index (κ3) is 3.94. The van der Waals surface area contributed by atoms with Crippen molar-refractivity contribution in [2.75, 3.05) is 23.9 Å². The maximum atomic E-state index is 8.71. The number of anilines is 2. The highest BCUT2D eigenvalue weighted by atomic mass is 35.7. The number of halogens is 1. The molecule has 0 bridgehead atoms. The van der Waals surface area contributed by atoms with Gasteiger partial charge in [0, 0.05) is 14.1 Å². The Morgan fingerprint density at radius 3 is 1.83 bits per heavy atom. The van der Waals surface area contributed by atoms with Crippen LogP contribution in [0, 0.1) is 10.2 Å². The Balaban J connectivity index is 0.000000338. The summed E-state index contributed by atoms with van der Waals surface area (Å²) in [5.41, 5.74) is 1.72. The van der Waals surface area contributed by atoms with E-state index in [9.17, 15) is 0 Å². The van der Waals surface area contributed by atoms with Crippen molar-refractivity contribution in [2.45, 2.75) is 6.17 Å². The van der Waals surface area contributed by atoms with Gasteiger partial charge < -0.3 is 15.0 Å². The summed E-state index contributed by atoms with van der Waals surface area (Å²) in [4.78, 5) is 13.0. The zero-order valence-corrected chi connectivity index (χ0v) is 13.0. The summed E-state index contributed by atoms with van der Waals surface area (Å²) in [6, 6.07) is 7.75. The Bertz CT molecular complexity index is 668. The predicted molar refractivity (Wildman–Crippen MR) is 72.6 cm³/mol. The van der Waals surface area contributed by atoms with E-state index >= 15 is 0 Å². The summed E-state index contributed by atoms with van der Waals surface area (Å²) in [6.07, 6.45) is 1.29. The molecule has 0 radical (unpaired) electrons. The largest absolute Gasteiger partial charge is 0.411 e. The number of oxime groups is 1. The van der Waals surface area contributed by atoms with Crippen molar-refractivity contribution in [1.29, 1.82) is 0 Å². The minimum atomic E-state index is -4.69. The average Bonchev–Trinajstić information content (AvgIpc) is 2.69. The van der Waals surface area contributed by atoms with Crippen molar-refractivity contribution in [3.8, 4) is 0 Å². The summed E-state index contributed by atoms with van der Waals surface area (Å²) in [5, 5.41) is 11.8. The monoisotopic (exact) mass is 343 g/mol. The maximum Gasteiger partial charge on any atom is 0.174 e. The van der Waals surface area contributed by atoms with Crippen LogP contribution in [0.3, 0.4) is 0 Å². The molecule has 0 aliphatic carbocycles. The average molecular weight is 344 g/mol. The van der Waals surface area contributed by atoms with E-state index in [0.29, 0.717) is 0 Å². The second-order valence-corrected chi connectivity index (χ2v) is 5.45. The van der Waals surface area contributed by atoms with Gasteiger partial charge in [0.05, 0.1) is 32.2 Å². The summed E-state index contributed by atoms with van der Waals surface area (Å²) in [5.74, 6) is 1.59. The van der Waals surface area contributed by atoms with Gasteiger partial charge in [0.2, 0.25) is 0 Å². The Labute approximate surface area is 133 Å². The van der Waals surface area contributed by atoms with Crippen LogP contribution in [0.15, 0.2) is 29.4 Å². The molecule has 2 N–H and O–H groups in total. The molecule has 3 rings (SSSR count). The molecule has 2 heterocycles. The van der Waals surface area contributed by atoms with Gasteiger partial charge in [-0.2, -0.15) is 14.0 Å². The van der Waals surface area contributed by atoms with Crippen molar-refractivity contribution < 1.29 is 34.1 Å². The molecule has 23 heavy (non-hydrogen) atoms. The summed E-state index contributed by atoms with van der Waals surface area (Å²) in [7, 11) is -0.893. The van der Waals surface area contributed by atoms with E-state index in [0.717, 1.165) is 22.7 Å². The molecule has 1 aromatic carbocycles. The summed E-state index contributed by atoms with van der Waals surface area (Å²) >= 11 is 0. The Kier molecular flexibility index (Phi) is 4.82. The quantitative estimate of drug-likeness (QED) is 0.317. The van der Waals surface area contributed by atoms with Crippen LogP contribution in [0.5, 0.6) is 0 Å². The zero-order valence-electron chi connectivity index (χ0n) is 12.2. The van der Waals surface area contributed by atoms with Crippen LogP contribution >= 0.6 is 0 Å². The van der Waals surface area contributed by atoms with E-state index in [1.165, 1.54) is 6.21 Å². The first-order chi connectivity index (χ1) is 10.7. The van der Waals surface area contributed by atoms with Crippen molar-refractivity contribution >= 4 is 28.9 Å². The highest BCUT2D eigenvalue weighted by Gasteiger charge is 2.33. The molecular formula is C12H14ClN5O5. The van der Waals surface area contributed by atoms with Gasteiger partial charge in [0.25, 0.3) is 0 Å². The maximum absolute atomic E-state index is 8.71. The fourth-order valence-corrected chi connectivity index (χ4v) is 2.22. The standard InChI is InChI=1S/C12H13N5O.ClHO4/c1-16-10(7-13-18)17(2)12-11(16)14-8-5-3-4-6-9(8)15-12;2-1(3,4)5/h3-7,10,18H,1-2H3;(H,2,3,4,5). The van der Waals surface area contributed by atoms with Crippen molar-refractivity contribution in [1.82, 2.24) is 9.97 Å². The fourth-order valence-electron chi connectivity index (χ4n) is 2.22. The van der Waals surface area contributed by atoms with Crippen LogP contribution in [0.4, 0.5) is 11.6 Å². The smallest absolute Gasteiger partial charge is 0.174 e. The predicted octanol–water partition coefficient (Wildman–Crippen LogP) is -2.82. The Hall–Kier alpha value is -2.24. The Morgan fingerprint density at radius 2 is 1.48 bits per heavy atom. The van der Waals surface area contributed by atoms with Crippen LogP contribution in [0.2, 0.25) is 0 Å². The van der Waals surface area contributed by atoms with Crippen LogP contribution in [0.25, 0.3) is 11.0 Å². The first-order valence-corrected chi connectivity index (χ1v) is 7.52. The van der Waals surface area contributed by atoms with Gasteiger partial charge in [0.1, 0.15) is 6.17 Å². The lowest BCUT2D eigenvalue weighted by Crippen LogP contribution is -2.58. The van der Waals surface area contributed by atoms with Gasteiger partial charge in [-0.25, -0.2) is 9.97 Å². The minimum absolute atomic E-state index is 0.165. The number of aromatic nitrogens is 2. The molecule has 0 amide bonds. The van der Waals surface area contributed by atoms with Gasteiger partial charge in [-0.05, 0) is 12.1 Å². The molecule has 0 fully saturated rings. The van der Waals surface area contributed by atoms with Crippen molar-refractivity contribution in [2.24, 2.45) is 5.16 Å². The molecule has 0 atom stereocenters. The third-order valence-corrected chi connectivity index (χ3v) is 3.20. The van der Waals surface area contributed by atoms with E-state index in [4.69, 9.17) is 23.8 Å². The van der Waals surface area contributed by atoms with Gasteiger partial charge in [-0.1, -0.05) is 17.3 Å². The van der Waals surface area contributed by atoms with Crippen molar-refractivity contribution in [3.63, 3.8) is 0 Å². The highest BCUT2D eigenvalue weighted by Crippen LogP contribution is 2.34. The number of fused-ring (bicyclic) bond motifs is 2. The van der Waals surface area contributed by atoms with Crippen LogP contribution in [-0.2, 0) is 0 Å². The second kappa shape index (κ2) is 6.48. The van der Waals surface area contributed by atoms with Crippen molar-refractivity contribution in [3.05, 3.63) is 24.3 Å². The molecule has 10 nitrogen and oxygen atoms in total. The first kappa shape index (κ1) is 17.1. The molecule has 2 aromatic rings. The topological polar surface area (TPSA) is 154 Å². The normalized spacial score (nSPS) is 15.0. The molecule has 124 valence electrons. The van der Waals surface area contributed by atoms with Crippen LogP contribution < -0.4 is 23.8 Å². The lowest BCUT2D eigenvalue weighted by molar-refractivity contribution is -1.92. The number of hydrogen-bond donors (Lipinski definition) is 2. The molecule has 0 unspecified atom stereocenters. The van der Waals surface area contributed by atoms with Crippen LogP contribution in [-0.4, -0.2) is 46.3 Å². The third-order valence-electron chi connectivity index (χ3n) is 3.20. The molecule has 1 aliphatic heterocycles. The Morgan fingerprint density at radius 1 is 1.09 bits per heavy atom. The SMILES string of the molecule is CN1c2nc3ccccc3nc2N(C)C1C=NO.[O-][Cl+3]([O-])([O-])O. The molecule has 11 heteroatoms. The van der Waals surface area contributed by atoms with Crippen LogP contribution in [0.1, 0.15) is 0 Å².